The minimum Gasteiger partial charge on any atom is -0.493 e. The van der Waals surface area contributed by atoms with Gasteiger partial charge in [0.15, 0.2) is 0 Å². The molecule has 0 bridgehead atoms. The van der Waals surface area contributed by atoms with Crippen molar-refractivity contribution in [1.82, 2.24) is 0 Å². The third kappa shape index (κ3) is 5.77. The molecule has 4 heteroatoms. The Morgan fingerprint density at radius 1 is 1.00 bits per heavy atom. The van der Waals surface area contributed by atoms with Crippen LogP contribution in [0, 0.1) is 0 Å². The monoisotopic (exact) mass is 253 g/mol. The third-order valence-corrected chi connectivity index (χ3v) is 2.18. The van der Waals surface area contributed by atoms with Crippen LogP contribution in [-0.2, 0) is 4.74 Å². The van der Waals surface area contributed by atoms with E-state index in [0.29, 0.717) is 31.3 Å². The molecule has 0 unspecified atom stereocenters. The molecule has 0 aromatic heterocycles. The van der Waals surface area contributed by atoms with Crippen LogP contribution >= 0.6 is 0 Å². The van der Waals surface area contributed by atoms with Crippen molar-refractivity contribution >= 4 is 5.69 Å². The van der Waals surface area contributed by atoms with Gasteiger partial charge in [0.1, 0.15) is 18.1 Å². The molecule has 0 aliphatic heterocycles. The van der Waals surface area contributed by atoms with Crippen molar-refractivity contribution in [2.24, 2.45) is 0 Å². The summed E-state index contributed by atoms with van der Waals surface area (Å²) in [6.07, 6.45) is 1.19. The summed E-state index contributed by atoms with van der Waals surface area (Å²) in [5.41, 5.74) is 6.43. The van der Waals surface area contributed by atoms with Crippen LogP contribution in [-0.4, -0.2) is 25.9 Å². The smallest absolute Gasteiger partial charge is 0.125 e. The SMILES string of the molecule is CCCOc1cc(N)cc(OCCOC(C)C)c1. The number of nitrogens with two attached hydrogens (primary N) is 1. The lowest BCUT2D eigenvalue weighted by molar-refractivity contribution is 0.0552. The predicted molar refractivity (Wildman–Crippen MR) is 73.2 cm³/mol. The van der Waals surface area contributed by atoms with Gasteiger partial charge in [0.25, 0.3) is 0 Å². The quantitative estimate of drug-likeness (QED) is 0.571. The summed E-state index contributed by atoms with van der Waals surface area (Å²) in [6.45, 7) is 7.81. The fourth-order valence-corrected chi connectivity index (χ4v) is 1.42. The van der Waals surface area contributed by atoms with Crippen molar-refractivity contribution < 1.29 is 14.2 Å². The molecule has 0 saturated carbocycles. The second-order valence-electron chi connectivity index (χ2n) is 4.35. The summed E-state index contributed by atoms with van der Waals surface area (Å²) in [5, 5.41) is 0. The van der Waals surface area contributed by atoms with Crippen LogP contribution in [0.2, 0.25) is 0 Å². The highest BCUT2D eigenvalue weighted by molar-refractivity contribution is 5.50. The molecule has 18 heavy (non-hydrogen) atoms. The zero-order valence-corrected chi connectivity index (χ0v) is 11.4. The topological polar surface area (TPSA) is 53.7 Å². The van der Waals surface area contributed by atoms with Crippen LogP contribution in [0.4, 0.5) is 5.69 Å². The van der Waals surface area contributed by atoms with E-state index in [9.17, 15) is 0 Å². The minimum absolute atomic E-state index is 0.220. The molecule has 0 spiro atoms. The Balaban J connectivity index is 2.46. The lowest BCUT2D eigenvalue weighted by atomic mass is 10.3. The number of rotatable bonds is 8. The summed E-state index contributed by atoms with van der Waals surface area (Å²) in [4.78, 5) is 0. The van der Waals surface area contributed by atoms with E-state index in [4.69, 9.17) is 19.9 Å². The fourth-order valence-electron chi connectivity index (χ4n) is 1.42. The maximum Gasteiger partial charge on any atom is 0.125 e. The van der Waals surface area contributed by atoms with E-state index in [1.165, 1.54) is 0 Å². The van der Waals surface area contributed by atoms with Crippen LogP contribution in [0.25, 0.3) is 0 Å². The zero-order chi connectivity index (χ0) is 13.4. The van der Waals surface area contributed by atoms with Gasteiger partial charge in [-0.15, -0.1) is 0 Å². The molecule has 2 N–H and O–H groups in total. The third-order valence-electron chi connectivity index (χ3n) is 2.18. The molecule has 0 heterocycles. The Morgan fingerprint density at radius 2 is 1.61 bits per heavy atom. The molecule has 0 fully saturated rings. The average molecular weight is 253 g/mol. The number of hydrogen-bond donors (Lipinski definition) is 1. The standard InChI is InChI=1S/C14H23NO3/c1-4-5-17-13-8-12(15)9-14(10-13)18-7-6-16-11(2)3/h8-11H,4-7,15H2,1-3H3. The molecular weight excluding hydrogens is 230 g/mol. The van der Waals surface area contributed by atoms with Gasteiger partial charge in [0.05, 0.1) is 19.3 Å². The fraction of sp³-hybridized carbons (Fsp3) is 0.571. The van der Waals surface area contributed by atoms with E-state index in [2.05, 4.69) is 6.92 Å². The van der Waals surface area contributed by atoms with E-state index in [1.807, 2.05) is 19.9 Å². The number of nitrogen functional groups attached to an aromatic ring is 1. The number of ether oxygens (including phenoxy) is 3. The Hall–Kier alpha value is -1.42. The van der Waals surface area contributed by atoms with Crippen LogP contribution < -0.4 is 15.2 Å². The molecule has 0 atom stereocenters. The Morgan fingerprint density at radius 3 is 2.17 bits per heavy atom. The van der Waals surface area contributed by atoms with E-state index in [-0.39, 0.29) is 6.10 Å². The Labute approximate surface area is 109 Å². The Bertz CT molecular complexity index is 353. The maximum absolute atomic E-state index is 5.79. The van der Waals surface area contributed by atoms with E-state index in [1.54, 1.807) is 12.1 Å². The van der Waals surface area contributed by atoms with Gasteiger partial charge >= 0.3 is 0 Å². The van der Waals surface area contributed by atoms with Gasteiger partial charge < -0.3 is 19.9 Å². The average Bonchev–Trinajstić information content (AvgIpc) is 2.31. The van der Waals surface area contributed by atoms with Crippen LogP contribution in [0.15, 0.2) is 18.2 Å². The van der Waals surface area contributed by atoms with Crippen molar-refractivity contribution in [1.29, 1.82) is 0 Å². The van der Waals surface area contributed by atoms with Gasteiger partial charge in [0, 0.05) is 23.9 Å². The highest BCUT2D eigenvalue weighted by Crippen LogP contribution is 2.24. The predicted octanol–water partition coefficient (Wildman–Crippen LogP) is 2.86. The summed E-state index contributed by atoms with van der Waals surface area (Å²) in [5.74, 6) is 1.46. The van der Waals surface area contributed by atoms with Crippen LogP contribution in [0.1, 0.15) is 27.2 Å². The largest absolute Gasteiger partial charge is 0.493 e. The van der Waals surface area contributed by atoms with Gasteiger partial charge in [0.2, 0.25) is 0 Å². The molecule has 1 aromatic rings. The van der Waals surface area contributed by atoms with Crippen molar-refractivity contribution in [2.45, 2.75) is 33.3 Å². The number of anilines is 1. The van der Waals surface area contributed by atoms with Gasteiger partial charge in [-0.1, -0.05) is 6.92 Å². The Kier molecular flexibility index (Phi) is 6.36. The molecule has 0 amide bonds. The van der Waals surface area contributed by atoms with Crippen LogP contribution in [0.3, 0.4) is 0 Å². The molecule has 102 valence electrons. The first-order valence-electron chi connectivity index (χ1n) is 6.39. The molecule has 4 nitrogen and oxygen atoms in total. The van der Waals surface area contributed by atoms with E-state index < -0.39 is 0 Å². The molecule has 0 saturated heterocycles. The highest BCUT2D eigenvalue weighted by atomic mass is 16.5. The van der Waals surface area contributed by atoms with Crippen molar-refractivity contribution in [3.8, 4) is 11.5 Å². The molecule has 0 aliphatic rings. The van der Waals surface area contributed by atoms with Gasteiger partial charge in [-0.2, -0.15) is 0 Å². The van der Waals surface area contributed by atoms with E-state index in [0.717, 1.165) is 12.2 Å². The van der Waals surface area contributed by atoms with Crippen LogP contribution in [0.5, 0.6) is 11.5 Å². The van der Waals surface area contributed by atoms with Gasteiger partial charge in [-0.05, 0) is 20.3 Å². The molecule has 1 aromatic carbocycles. The number of benzene rings is 1. The van der Waals surface area contributed by atoms with Crippen molar-refractivity contribution in [3.05, 3.63) is 18.2 Å². The summed E-state index contributed by atoms with van der Waals surface area (Å²) >= 11 is 0. The summed E-state index contributed by atoms with van der Waals surface area (Å²) in [6, 6.07) is 5.43. The second kappa shape index (κ2) is 7.82. The minimum atomic E-state index is 0.220. The maximum atomic E-state index is 5.79. The summed E-state index contributed by atoms with van der Waals surface area (Å²) < 4.78 is 16.5. The normalized spacial score (nSPS) is 10.7. The van der Waals surface area contributed by atoms with Gasteiger partial charge in [-0.3, -0.25) is 0 Å². The first-order chi connectivity index (χ1) is 8.61. The first-order valence-corrected chi connectivity index (χ1v) is 6.39. The summed E-state index contributed by atoms with van der Waals surface area (Å²) in [7, 11) is 0. The first kappa shape index (κ1) is 14.6. The molecule has 0 radical (unpaired) electrons. The molecular formula is C14H23NO3. The zero-order valence-electron chi connectivity index (χ0n) is 11.4. The molecule has 1 rings (SSSR count). The lowest BCUT2D eigenvalue weighted by Gasteiger charge is -2.11. The van der Waals surface area contributed by atoms with E-state index >= 15 is 0 Å². The van der Waals surface area contributed by atoms with Crippen molar-refractivity contribution in [3.63, 3.8) is 0 Å². The lowest BCUT2D eigenvalue weighted by Crippen LogP contribution is -2.11. The second-order valence-corrected chi connectivity index (χ2v) is 4.35. The highest BCUT2D eigenvalue weighted by Gasteiger charge is 2.01. The van der Waals surface area contributed by atoms with Crippen molar-refractivity contribution in [2.75, 3.05) is 25.6 Å². The number of hydrogen-bond acceptors (Lipinski definition) is 4. The van der Waals surface area contributed by atoms with Gasteiger partial charge in [-0.25, -0.2) is 0 Å². The molecule has 0 aliphatic carbocycles.